The van der Waals surface area contributed by atoms with Crippen molar-refractivity contribution in [3.63, 3.8) is 0 Å². The van der Waals surface area contributed by atoms with Gasteiger partial charge in [-0.3, -0.25) is 4.79 Å². The van der Waals surface area contributed by atoms with Gasteiger partial charge in [-0.2, -0.15) is 0 Å². The fourth-order valence-corrected chi connectivity index (χ4v) is 2.93. The van der Waals surface area contributed by atoms with Crippen LogP contribution in [0.4, 0.5) is 0 Å². The van der Waals surface area contributed by atoms with Crippen molar-refractivity contribution in [2.24, 2.45) is 0 Å². The highest BCUT2D eigenvalue weighted by molar-refractivity contribution is 9.10. The molecule has 1 N–H and O–H groups in total. The Kier molecular flexibility index (Phi) is 5.98. The van der Waals surface area contributed by atoms with E-state index in [1.54, 1.807) is 18.3 Å². The molecule has 1 fully saturated rings. The minimum Gasteiger partial charge on any atom is -0.349 e. The number of carbonyl (C=O) groups is 1. The average Bonchev–Trinajstić information content (AvgIpc) is 2.47. The summed E-state index contributed by atoms with van der Waals surface area (Å²) < 4.78 is 0.609. The van der Waals surface area contributed by atoms with E-state index in [1.165, 1.54) is 19.4 Å². The van der Waals surface area contributed by atoms with Crippen molar-refractivity contribution < 1.29 is 4.79 Å². The lowest BCUT2D eigenvalue weighted by atomic mass is 10.0. The minimum atomic E-state index is -0.0306. The van der Waals surface area contributed by atoms with Crippen molar-refractivity contribution in [3.05, 3.63) is 28.5 Å². The van der Waals surface area contributed by atoms with Crippen molar-refractivity contribution in [2.75, 3.05) is 19.6 Å². The molecule has 4 nitrogen and oxygen atoms in total. The molecule has 1 saturated heterocycles. The topological polar surface area (TPSA) is 45.2 Å². The van der Waals surface area contributed by atoms with Gasteiger partial charge < -0.3 is 10.2 Å². The Bertz CT molecular complexity index is 444. The van der Waals surface area contributed by atoms with E-state index in [0.29, 0.717) is 10.2 Å². The van der Waals surface area contributed by atoms with Gasteiger partial charge in [-0.05, 0) is 53.9 Å². The predicted octanol–water partition coefficient (Wildman–Crippen LogP) is 2.84. The van der Waals surface area contributed by atoms with Crippen LogP contribution in [0.1, 0.15) is 43.0 Å². The average molecular weight is 340 g/mol. The number of halogens is 1. The van der Waals surface area contributed by atoms with E-state index in [2.05, 4.69) is 38.1 Å². The normalized spacial score (nSPS) is 17.1. The van der Waals surface area contributed by atoms with Gasteiger partial charge in [0, 0.05) is 25.3 Å². The maximum absolute atomic E-state index is 12.2. The number of hydrogen-bond donors (Lipinski definition) is 1. The van der Waals surface area contributed by atoms with Crippen LogP contribution in [0.25, 0.3) is 0 Å². The summed E-state index contributed by atoms with van der Waals surface area (Å²) in [6.45, 7) is 5.57. The van der Waals surface area contributed by atoms with Crippen molar-refractivity contribution in [3.8, 4) is 0 Å². The number of amides is 1. The molecule has 1 aromatic rings. The van der Waals surface area contributed by atoms with Crippen molar-refractivity contribution in [2.45, 2.75) is 38.6 Å². The molecule has 1 amide bonds. The van der Waals surface area contributed by atoms with E-state index in [0.717, 1.165) is 25.9 Å². The van der Waals surface area contributed by atoms with E-state index in [4.69, 9.17) is 0 Å². The van der Waals surface area contributed by atoms with Crippen LogP contribution in [0.3, 0.4) is 0 Å². The maximum Gasteiger partial charge on any atom is 0.254 e. The van der Waals surface area contributed by atoms with Crippen LogP contribution >= 0.6 is 15.9 Å². The number of rotatable bonds is 5. The quantitative estimate of drug-likeness (QED) is 0.839. The van der Waals surface area contributed by atoms with Crippen LogP contribution in [-0.4, -0.2) is 41.5 Å². The lowest BCUT2D eigenvalue weighted by molar-refractivity contribution is 0.0909. The molecular formula is C15H22BrN3O. The second kappa shape index (κ2) is 7.74. The standard InChI is InChI=1S/C15H22BrN3O/c1-2-3-9-19-10-6-12(7-11-19)18-15(20)13-5-4-8-17-14(13)16/h4-5,8,12H,2-3,6-7,9-11H2,1H3,(H,18,20). The first-order valence-electron chi connectivity index (χ1n) is 7.34. The third kappa shape index (κ3) is 4.28. The largest absolute Gasteiger partial charge is 0.349 e. The molecule has 20 heavy (non-hydrogen) atoms. The van der Waals surface area contributed by atoms with E-state index in [1.807, 2.05) is 0 Å². The molecule has 0 unspecified atom stereocenters. The number of pyridine rings is 1. The Morgan fingerprint density at radius 3 is 2.90 bits per heavy atom. The highest BCUT2D eigenvalue weighted by Crippen LogP contribution is 2.15. The number of likely N-dealkylation sites (tertiary alicyclic amines) is 1. The van der Waals surface area contributed by atoms with Gasteiger partial charge in [-0.25, -0.2) is 4.98 Å². The summed E-state index contributed by atoms with van der Waals surface area (Å²) in [5.74, 6) is -0.0306. The van der Waals surface area contributed by atoms with E-state index < -0.39 is 0 Å². The number of unbranched alkanes of at least 4 members (excludes halogenated alkanes) is 1. The smallest absolute Gasteiger partial charge is 0.254 e. The molecule has 0 aliphatic carbocycles. The zero-order chi connectivity index (χ0) is 14.4. The summed E-state index contributed by atoms with van der Waals surface area (Å²) in [4.78, 5) is 18.8. The third-order valence-electron chi connectivity index (χ3n) is 3.75. The minimum absolute atomic E-state index is 0.0306. The molecule has 0 saturated carbocycles. The number of nitrogens with one attached hydrogen (secondary N) is 1. The SMILES string of the molecule is CCCCN1CCC(NC(=O)c2cccnc2Br)CC1. The van der Waals surface area contributed by atoms with E-state index in [9.17, 15) is 4.79 Å². The molecule has 2 rings (SSSR count). The molecule has 0 atom stereocenters. The number of carbonyl (C=O) groups excluding carboxylic acids is 1. The summed E-state index contributed by atoms with van der Waals surface area (Å²) in [5.41, 5.74) is 0.612. The van der Waals surface area contributed by atoms with Gasteiger partial charge in [-0.1, -0.05) is 13.3 Å². The Balaban J connectivity index is 1.81. The molecule has 0 aromatic carbocycles. The van der Waals surface area contributed by atoms with Gasteiger partial charge >= 0.3 is 0 Å². The summed E-state index contributed by atoms with van der Waals surface area (Å²) in [6.07, 6.45) is 6.25. The Morgan fingerprint density at radius 1 is 1.50 bits per heavy atom. The highest BCUT2D eigenvalue weighted by atomic mass is 79.9. The maximum atomic E-state index is 12.2. The molecule has 1 aromatic heterocycles. The van der Waals surface area contributed by atoms with Gasteiger partial charge in [0.1, 0.15) is 4.60 Å². The number of nitrogens with zero attached hydrogens (tertiary/aromatic N) is 2. The van der Waals surface area contributed by atoms with Crippen LogP contribution < -0.4 is 5.32 Å². The van der Waals surface area contributed by atoms with Gasteiger partial charge in [0.15, 0.2) is 0 Å². The molecule has 0 bridgehead atoms. The molecule has 0 spiro atoms. The highest BCUT2D eigenvalue weighted by Gasteiger charge is 2.21. The Labute approximate surface area is 129 Å². The van der Waals surface area contributed by atoms with Gasteiger partial charge in [0.2, 0.25) is 0 Å². The zero-order valence-corrected chi connectivity index (χ0v) is 13.5. The van der Waals surface area contributed by atoms with Crippen molar-refractivity contribution in [1.29, 1.82) is 0 Å². The van der Waals surface area contributed by atoms with Crippen LogP contribution in [0.5, 0.6) is 0 Å². The lowest BCUT2D eigenvalue weighted by Crippen LogP contribution is -2.44. The molecular weight excluding hydrogens is 318 g/mol. The molecule has 1 aliphatic rings. The van der Waals surface area contributed by atoms with Gasteiger partial charge in [-0.15, -0.1) is 0 Å². The first-order valence-corrected chi connectivity index (χ1v) is 8.13. The van der Waals surface area contributed by atoms with Crippen molar-refractivity contribution >= 4 is 21.8 Å². The molecule has 2 heterocycles. The summed E-state index contributed by atoms with van der Waals surface area (Å²) in [7, 11) is 0. The van der Waals surface area contributed by atoms with Gasteiger partial charge in [0.05, 0.1) is 5.56 Å². The van der Waals surface area contributed by atoms with Gasteiger partial charge in [0.25, 0.3) is 5.91 Å². The predicted molar refractivity (Wildman–Crippen MR) is 83.8 cm³/mol. The Morgan fingerprint density at radius 2 is 2.25 bits per heavy atom. The number of aromatic nitrogens is 1. The van der Waals surface area contributed by atoms with Crippen LogP contribution in [0, 0.1) is 0 Å². The number of piperidine rings is 1. The molecule has 110 valence electrons. The summed E-state index contributed by atoms with van der Waals surface area (Å²) >= 11 is 3.32. The first kappa shape index (κ1) is 15.4. The van der Waals surface area contributed by atoms with E-state index in [-0.39, 0.29) is 11.9 Å². The monoisotopic (exact) mass is 339 g/mol. The molecule has 5 heteroatoms. The van der Waals surface area contributed by atoms with Crippen LogP contribution in [-0.2, 0) is 0 Å². The van der Waals surface area contributed by atoms with E-state index >= 15 is 0 Å². The molecule has 0 radical (unpaired) electrons. The fourth-order valence-electron chi connectivity index (χ4n) is 2.50. The second-order valence-electron chi connectivity index (χ2n) is 5.28. The third-order valence-corrected chi connectivity index (χ3v) is 4.39. The Hall–Kier alpha value is -0.940. The summed E-state index contributed by atoms with van der Waals surface area (Å²) in [6, 6.07) is 3.86. The zero-order valence-electron chi connectivity index (χ0n) is 11.9. The second-order valence-corrected chi connectivity index (χ2v) is 6.04. The molecule has 1 aliphatic heterocycles. The van der Waals surface area contributed by atoms with Crippen molar-refractivity contribution in [1.82, 2.24) is 15.2 Å². The fraction of sp³-hybridized carbons (Fsp3) is 0.600. The first-order chi connectivity index (χ1) is 9.70. The van der Waals surface area contributed by atoms with Crippen LogP contribution in [0.15, 0.2) is 22.9 Å². The van der Waals surface area contributed by atoms with Crippen LogP contribution in [0.2, 0.25) is 0 Å². The summed E-state index contributed by atoms with van der Waals surface area (Å²) in [5, 5.41) is 3.12. The lowest BCUT2D eigenvalue weighted by Gasteiger charge is -2.32. The number of hydrogen-bond acceptors (Lipinski definition) is 3.